The smallest absolute Gasteiger partial charge is 0.271 e. The van der Waals surface area contributed by atoms with E-state index in [1.807, 2.05) is 19.1 Å². The summed E-state index contributed by atoms with van der Waals surface area (Å²) in [6.45, 7) is 1.86. The van der Waals surface area contributed by atoms with Crippen LogP contribution >= 0.6 is 45.5 Å². The quantitative estimate of drug-likeness (QED) is 0.770. The third-order valence-electron chi connectivity index (χ3n) is 2.25. The Morgan fingerprint density at radius 3 is 2.56 bits per heavy atom. The van der Waals surface area contributed by atoms with Gasteiger partial charge in [-0.2, -0.15) is 0 Å². The van der Waals surface area contributed by atoms with Gasteiger partial charge in [-0.15, -0.1) is 11.3 Å². The molecule has 2 rings (SSSR count). The molecular formula is C11H9ClINO2S2. The minimum Gasteiger partial charge on any atom is -0.279 e. The zero-order valence-corrected chi connectivity index (χ0v) is 13.8. The van der Waals surface area contributed by atoms with Crippen LogP contribution in [0.25, 0.3) is 0 Å². The number of benzene rings is 1. The Labute approximate surface area is 128 Å². The number of hydrogen-bond donors (Lipinski definition) is 1. The molecule has 1 N–H and O–H groups in total. The van der Waals surface area contributed by atoms with Crippen molar-refractivity contribution in [3.63, 3.8) is 0 Å². The van der Waals surface area contributed by atoms with Crippen LogP contribution in [0.3, 0.4) is 0 Å². The highest BCUT2D eigenvalue weighted by molar-refractivity contribution is 14.1. The van der Waals surface area contributed by atoms with E-state index in [9.17, 15) is 8.42 Å². The maximum Gasteiger partial charge on any atom is 0.271 e. The molecule has 0 radical (unpaired) electrons. The Hall–Kier alpha value is -0.310. The Morgan fingerprint density at radius 2 is 2.00 bits per heavy atom. The molecule has 0 bridgehead atoms. The summed E-state index contributed by atoms with van der Waals surface area (Å²) in [4.78, 5) is 0. The second-order valence-corrected chi connectivity index (χ2v) is 8.49. The number of anilines is 1. The third kappa shape index (κ3) is 3.17. The van der Waals surface area contributed by atoms with Crippen molar-refractivity contribution in [2.45, 2.75) is 11.1 Å². The molecule has 1 heterocycles. The average molecular weight is 414 g/mol. The topological polar surface area (TPSA) is 46.2 Å². The van der Waals surface area contributed by atoms with Gasteiger partial charge >= 0.3 is 0 Å². The van der Waals surface area contributed by atoms with Gasteiger partial charge in [0.25, 0.3) is 10.0 Å². The summed E-state index contributed by atoms with van der Waals surface area (Å²) >= 11 is 8.96. The van der Waals surface area contributed by atoms with Crippen LogP contribution in [0, 0.1) is 10.5 Å². The second kappa shape index (κ2) is 5.36. The maximum atomic E-state index is 12.1. The molecule has 0 aliphatic rings. The first-order chi connectivity index (χ1) is 8.38. The SMILES string of the molecule is Cc1cc(I)ccc1NS(=O)(=O)c1ccc(Cl)s1. The van der Waals surface area contributed by atoms with Crippen LogP contribution in [0.15, 0.2) is 34.5 Å². The van der Waals surface area contributed by atoms with Gasteiger partial charge in [0.15, 0.2) is 0 Å². The van der Waals surface area contributed by atoms with Gasteiger partial charge in [-0.1, -0.05) is 11.6 Å². The molecule has 0 saturated carbocycles. The zero-order chi connectivity index (χ0) is 13.3. The summed E-state index contributed by atoms with van der Waals surface area (Å²) in [7, 11) is -3.55. The van der Waals surface area contributed by atoms with Gasteiger partial charge in [-0.3, -0.25) is 4.72 Å². The maximum absolute atomic E-state index is 12.1. The highest BCUT2D eigenvalue weighted by Crippen LogP contribution is 2.28. The Balaban J connectivity index is 2.33. The van der Waals surface area contributed by atoms with E-state index in [4.69, 9.17) is 11.6 Å². The van der Waals surface area contributed by atoms with Crippen LogP contribution in [-0.4, -0.2) is 8.42 Å². The Morgan fingerprint density at radius 1 is 1.28 bits per heavy atom. The van der Waals surface area contributed by atoms with Crippen LogP contribution in [0.2, 0.25) is 4.34 Å². The van der Waals surface area contributed by atoms with Crippen LogP contribution in [-0.2, 0) is 10.0 Å². The minimum absolute atomic E-state index is 0.213. The van der Waals surface area contributed by atoms with E-state index in [1.54, 1.807) is 12.1 Å². The largest absolute Gasteiger partial charge is 0.279 e. The van der Waals surface area contributed by atoms with Gasteiger partial charge in [0.1, 0.15) is 4.21 Å². The molecule has 0 atom stereocenters. The number of aryl methyl sites for hydroxylation is 1. The molecule has 18 heavy (non-hydrogen) atoms. The number of nitrogens with one attached hydrogen (secondary N) is 1. The summed E-state index contributed by atoms with van der Waals surface area (Å²) in [6, 6.07) is 8.59. The van der Waals surface area contributed by atoms with Crippen LogP contribution < -0.4 is 4.72 Å². The minimum atomic E-state index is -3.55. The second-order valence-electron chi connectivity index (χ2n) is 3.62. The van der Waals surface area contributed by atoms with Gasteiger partial charge in [0.2, 0.25) is 0 Å². The number of rotatable bonds is 3. The average Bonchev–Trinajstić information content (AvgIpc) is 2.70. The molecule has 0 unspecified atom stereocenters. The molecule has 2 aromatic rings. The molecular weight excluding hydrogens is 405 g/mol. The predicted molar refractivity (Wildman–Crippen MR) is 84.0 cm³/mol. The lowest BCUT2D eigenvalue weighted by molar-refractivity contribution is 0.603. The van der Waals surface area contributed by atoms with Crippen molar-refractivity contribution in [1.82, 2.24) is 0 Å². The van der Waals surface area contributed by atoms with E-state index in [1.165, 1.54) is 6.07 Å². The fourth-order valence-electron chi connectivity index (χ4n) is 1.38. The van der Waals surface area contributed by atoms with Crippen LogP contribution in [0.1, 0.15) is 5.56 Å². The Bertz CT molecular complexity index is 682. The van der Waals surface area contributed by atoms with E-state index >= 15 is 0 Å². The van der Waals surface area contributed by atoms with Crippen molar-refractivity contribution < 1.29 is 8.42 Å². The lowest BCUT2D eigenvalue weighted by Crippen LogP contribution is -2.12. The third-order valence-corrected chi connectivity index (χ3v) is 6.01. The molecule has 0 spiro atoms. The number of sulfonamides is 1. The first kappa shape index (κ1) is 14.1. The molecule has 1 aromatic heterocycles. The first-order valence-corrected chi connectivity index (χ1v) is 8.68. The summed E-state index contributed by atoms with van der Waals surface area (Å²) in [6.07, 6.45) is 0. The van der Waals surface area contributed by atoms with Crippen molar-refractivity contribution in [2.24, 2.45) is 0 Å². The molecule has 0 saturated heterocycles. The predicted octanol–water partition coefficient (Wildman–Crippen LogP) is 4.12. The standard InChI is InChI=1S/C11H9ClINO2S2/c1-7-6-8(13)2-3-9(7)14-18(15,16)11-5-4-10(12)17-11/h2-6,14H,1H3. The first-order valence-electron chi connectivity index (χ1n) is 4.93. The van der Waals surface area contributed by atoms with Crippen molar-refractivity contribution in [2.75, 3.05) is 4.72 Å². The van der Waals surface area contributed by atoms with Gasteiger partial charge in [-0.25, -0.2) is 8.42 Å². The lowest BCUT2D eigenvalue weighted by Gasteiger charge is -2.09. The van der Waals surface area contributed by atoms with Crippen LogP contribution in [0.5, 0.6) is 0 Å². The fourth-order valence-corrected chi connectivity index (χ4v) is 4.64. The summed E-state index contributed by atoms with van der Waals surface area (Å²) in [5.74, 6) is 0. The lowest BCUT2D eigenvalue weighted by atomic mass is 10.2. The van der Waals surface area contributed by atoms with Crippen molar-refractivity contribution >= 4 is 61.2 Å². The summed E-state index contributed by atoms with van der Waals surface area (Å²) in [5, 5.41) is 0. The van der Waals surface area contributed by atoms with Crippen molar-refractivity contribution in [1.29, 1.82) is 0 Å². The molecule has 0 aliphatic heterocycles. The fraction of sp³-hybridized carbons (Fsp3) is 0.0909. The van der Waals surface area contributed by atoms with E-state index in [0.717, 1.165) is 20.5 Å². The van der Waals surface area contributed by atoms with Gasteiger partial charge in [0.05, 0.1) is 10.0 Å². The number of hydrogen-bond acceptors (Lipinski definition) is 3. The summed E-state index contributed by atoms with van der Waals surface area (Å²) < 4.78 is 28.5. The monoisotopic (exact) mass is 413 g/mol. The van der Waals surface area contributed by atoms with E-state index in [2.05, 4.69) is 27.3 Å². The van der Waals surface area contributed by atoms with Crippen LogP contribution in [0.4, 0.5) is 5.69 Å². The number of halogens is 2. The molecule has 7 heteroatoms. The highest BCUT2D eigenvalue weighted by Gasteiger charge is 2.17. The molecule has 0 amide bonds. The van der Waals surface area contributed by atoms with E-state index in [-0.39, 0.29) is 4.21 Å². The molecule has 96 valence electrons. The molecule has 1 aromatic carbocycles. The van der Waals surface area contributed by atoms with Gasteiger partial charge in [0, 0.05) is 3.57 Å². The van der Waals surface area contributed by atoms with Gasteiger partial charge in [-0.05, 0) is 65.4 Å². The molecule has 0 aliphatic carbocycles. The Kier molecular flexibility index (Phi) is 4.20. The normalized spacial score (nSPS) is 11.5. The molecule has 0 fully saturated rings. The summed E-state index contributed by atoms with van der Waals surface area (Å²) in [5.41, 5.74) is 1.47. The molecule has 3 nitrogen and oxygen atoms in total. The highest BCUT2D eigenvalue weighted by atomic mass is 127. The van der Waals surface area contributed by atoms with E-state index < -0.39 is 10.0 Å². The van der Waals surface area contributed by atoms with Gasteiger partial charge < -0.3 is 0 Å². The zero-order valence-electron chi connectivity index (χ0n) is 9.28. The van der Waals surface area contributed by atoms with E-state index in [0.29, 0.717) is 10.0 Å². The van der Waals surface area contributed by atoms with Crippen molar-refractivity contribution in [3.8, 4) is 0 Å². The van der Waals surface area contributed by atoms with Crippen molar-refractivity contribution in [3.05, 3.63) is 43.8 Å². The number of thiophene rings is 1.